The van der Waals surface area contributed by atoms with Gasteiger partial charge in [-0.2, -0.15) is 0 Å². The molecule has 304 valence electrons. The zero-order valence-electron chi connectivity index (χ0n) is 35.3. The Hall–Kier alpha value is -7.85. The number of nitrogens with zero attached hydrogens (tertiary/aromatic N) is 1. The number of hydrogen-bond acceptors (Lipinski definition) is 3. The molecule has 3 heteroatoms. The minimum absolute atomic E-state index is 0.454. The molecule has 0 saturated heterocycles. The Labute approximate surface area is 383 Å². The van der Waals surface area contributed by atoms with Crippen molar-refractivity contribution in [2.24, 2.45) is 0 Å². The Bertz CT molecular complexity index is 3500. The lowest BCUT2D eigenvalue weighted by Crippen LogP contribution is -2.32. The van der Waals surface area contributed by atoms with Gasteiger partial charge in [-0.05, 0) is 116 Å². The smallest absolute Gasteiger partial charge is 0.132 e. The number of ether oxygens (including phenoxy) is 1. The second-order valence-electron chi connectivity index (χ2n) is 17.5. The first kappa shape index (κ1) is 36.6. The van der Waals surface area contributed by atoms with E-state index < -0.39 is 10.8 Å². The zero-order valence-corrected chi connectivity index (χ0v) is 36.1. The summed E-state index contributed by atoms with van der Waals surface area (Å²) in [4.78, 5) is 5.13. The normalized spacial score (nSPS) is 14.5. The third-order valence-electron chi connectivity index (χ3n) is 14.4. The van der Waals surface area contributed by atoms with Crippen LogP contribution in [-0.4, -0.2) is 0 Å². The topological polar surface area (TPSA) is 12.5 Å². The number of para-hydroxylation sites is 2. The highest BCUT2D eigenvalue weighted by Gasteiger charge is 2.53. The highest BCUT2D eigenvalue weighted by atomic mass is 32.2. The summed E-state index contributed by atoms with van der Waals surface area (Å²) in [5, 5.41) is 0. The molecule has 0 aromatic heterocycles. The Kier molecular flexibility index (Phi) is 7.79. The van der Waals surface area contributed by atoms with Gasteiger partial charge in [0, 0.05) is 37.9 Å². The maximum Gasteiger partial charge on any atom is 0.132 e. The Morgan fingerprint density at radius 1 is 0.323 bits per heavy atom. The zero-order chi connectivity index (χ0) is 42.7. The second kappa shape index (κ2) is 13.8. The number of benzene rings is 10. The lowest BCUT2D eigenvalue weighted by Gasteiger charge is -2.40. The molecule has 14 rings (SSSR count). The van der Waals surface area contributed by atoms with Crippen LogP contribution in [0.1, 0.15) is 44.5 Å². The van der Waals surface area contributed by atoms with Crippen LogP contribution in [0.4, 0.5) is 17.1 Å². The highest BCUT2D eigenvalue weighted by Crippen LogP contribution is 2.66. The van der Waals surface area contributed by atoms with Crippen molar-refractivity contribution in [2.75, 3.05) is 4.90 Å². The fourth-order valence-corrected chi connectivity index (χ4v) is 13.1. The van der Waals surface area contributed by atoms with Gasteiger partial charge in [0.15, 0.2) is 0 Å². The van der Waals surface area contributed by atoms with Crippen molar-refractivity contribution >= 4 is 28.8 Å². The molecule has 0 bridgehead atoms. The SMILES string of the molecule is c1ccc(-c2cccc(N(c3ccc4c(c3)-c3ccccc3C43c4ccccc4Sc4ccccc43)c3cccc4c3-c3ccccc3C43c4ccccc4Oc4ccccc43)c2)cc1. The van der Waals surface area contributed by atoms with E-state index in [0.717, 1.165) is 39.7 Å². The fraction of sp³-hybridized carbons (Fsp3) is 0.0323. The lowest BCUT2D eigenvalue weighted by molar-refractivity contribution is 0.436. The van der Waals surface area contributed by atoms with Crippen molar-refractivity contribution in [2.45, 2.75) is 20.6 Å². The van der Waals surface area contributed by atoms with Crippen LogP contribution in [0.15, 0.2) is 246 Å². The average molecular weight is 846 g/mol. The molecule has 2 aliphatic carbocycles. The first-order chi connectivity index (χ1) is 32.2. The summed E-state index contributed by atoms with van der Waals surface area (Å²) in [6.45, 7) is 0. The molecule has 10 aromatic carbocycles. The number of anilines is 3. The summed E-state index contributed by atoms with van der Waals surface area (Å²) in [5.74, 6) is 1.78. The molecular weight excluding hydrogens is 807 g/mol. The van der Waals surface area contributed by atoms with E-state index in [2.05, 4.69) is 241 Å². The van der Waals surface area contributed by atoms with E-state index in [1.165, 1.54) is 76.6 Å². The van der Waals surface area contributed by atoms with Gasteiger partial charge >= 0.3 is 0 Å². The molecule has 0 N–H and O–H groups in total. The van der Waals surface area contributed by atoms with Crippen LogP contribution in [0, 0.1) is 0 Å². The van der Waals surface area contributed by atoms with E-state index in [9.17, 15) is 0 Å². The van der Waals surface area contributed by atoms with E-state index in [0.29, 0.717) is 0 Å². The minimum Gasteiger partial charge on any atom is -0.457 e. The predicted octanol–water partition coefficient (Wildman–Crippen LogP) is 16.1. The molecule has 0 fully saturated rings. The molecule has 4 aliphatic rings. The third kappa shape index (κ3) is 4.91. The number of hydrogen-bond donors (Lipinski definition) is 0. The van der Waals surface area contributed by atoms with Crippen LogP contribution in [0.2, 0.25) is 0 Å². The Balaban J connectivity index is 1.06. The van der Waals surface area contributed by atoms with E-state index in [4.69, 9.17) is 4.74 Å². The lowest BCUT2D eigenvalue weighted by atomic mass is 9.66. The molecule has 10 aromatic rings. The molecular formula is C62H39NOS. The van der Waals surface area contributed by atoms with E-state index in [-0.39, 0.29) is 0 Å². The van der Waals surface area contributed by atoms with Crippen molar-refractivity contribution < 1.29 is 4.74 Å². The first-order valence-corrected chi connectivity index (χ1v) is 23.2. The van der Waals surface area contributed by atoms with Crippen LogP contribution in [0.5, 0.6) is 11.5 Å². The Morgan fingerprint density at radius 2 is 0.815 bits per heavy atom. The largest absolute Gasteiger partial charge is 0.457 e. The van der Waals surface area contributed by atoms with Gasteiger partial charge in [0.05, 0.1) is 16.5 Å². The maximum absolute atomic E-state index is 6.72. The van der Waals surface area contributed by atoms with Gasteiger partial charge in [0.1, 0.15) is 11.5 Å². The molecule has 65 heavy (non-hydrogen) atoms. The maximum atomic E-state index is 6.72. The molecule has 0 unspecified atom stereocenters. The van der Waals surface area contributed by atoms with Crippen molar-refractivity contribution in [1.82, 2.24) is 0 Å². The number of fused-ring (bicyclic) bond motifs is 18. The summed E-state index contributed by atoms with van der Waals surface area (Å²) in [6.07, 6.45) is 0. The minimum atomic E-state index is -0.589. The summed E-state index contributed by atoms with van der Waals surface area (Å²) >= 11 is 1.89. The van der Waals surface area contributed by atoms with Crippen LogP contribution < -0.4 is 9.64 Å². The van der Waals surface area contributed by atoms with Gasteiger partial charge in [-0.3, -0.25) is 0 Å². The fourth-order valence-electron chi connectivity index (χ4n) is 11.9. The second-order valence-corrected chi connectivity index (χ2v) is 18.5. The van der Waals surface area contributed by atoms with E-state index in [1.807, 2.05) is 11.8 Å². The third-order valence-corrected chi connectivity index (χ3v) is 15.5. The molecule has 0 saturated carbocycles. The van der Waals surface area contributed by atoms with Gasteiger partial charge in [0.25, 0.3) is 0 Å². The molecule has 0 radical (unpaired) electrons. The summed E-state index contributed by atoms with van der Waals surface area (Å²) in [5.41, 5.74) is 19.8. The number of rotatable bonds is 4. The molecule has 0 amide bonds. The van der Waals surface area contributed by atoms with Crippen LogP contribution in [-0.2, 0) is 10.8 Å². The Morgan fingerprint density at radius 3 is 1.52 bits per heavy atom. The highest BCUT2D eigenvalue weighted by molar-refractivity contribution is 7.99. The molecule has 0 atom stereocenters. The molecule has 2 spiro atoms. The van der Waals surface area contributed by atoms with Crippen molar-refractivity contribution in [3.8, 4) is 44.9 Å². The van der Waals surface area contributed by atoms with E-state index >= 15 is 0 Å². The van der Waals surface area contributed by atoms with Gasteiger partial charge in [-0.25, -0.2) is 0 Å². The van der Waals surface area contributed by atoms with Gasteiger partial charge in [-0.1, -0.05) is 194 Å². The summed E-state index contributed by atoms with van der Waals surface area (Å²) in [6, 6.07) is 87.5. The van der Waals surface area contributed by atoms with Crippen LogP contribution in [0.3, 0.4) is 0 Å². The van der Waals surface area contributed by atoms with Crippen LogP contribution >= 0.6 is 11.8 Å². The summed E-state index contributed by atoms with van der Waals surface area (Å²) in [7, 11) is 0. The van der Waals surface area contributed by atoms with Gasteiger partial charge < -0.3 is 9.64 Å². The average Bonchev–Trinajstić information content (AvgIpc) is 3.83. The van der Waals surface area contributed by atoms with Crippen molar-refractivity contribution in [3.63, 3.8) is 0 Å². The van der Waals surface area contributed by atoms with Crippen molar-refractivity contribution in [1.29, 1.82) is 0 Å². The summed E-state index contributed by atoms with van der Waals surface area (Å²) < 4.78 is 6.72. The van der Waals surface area contributed by atoms with Gasteiger partial charge in [-0.15, -0.1) is 0 Å². The molecule has 2 nitrogen and oxygen atoms in total. The van der Waals surface area contributed by atoms with Gasteiger partial charge in [0.2, 0.25) is 0 Å². The molecule has 2 heterocycles. The quantitative estimate of drug-likeness (QED) is 0.175. The van der Waals surface area contributed by atoms with E-state index in [1.54, 1.807) is 0 Å². The molecule has 2 aliphatic heterocycles. The van der Waals surface area contributed by atoms with Crippen LogP contribution in [0.25, 0.3) is 33.4 Å². The van der Waals surface area contributed by atoms with Crippen molar-refractivity contribution in [3.05, 3.63) is 281 Å². The predicted molar refractivity (Wildman–Crippen MR) is 265 cm³/mol. The monoisotopic (exact) mass is 845 g/mol. The standard InChI is InChI=1S/C62H39NOS/c1-2-18-40(19-3-1)41-20-16-21-42(38-41)63(43-36-37-49-46(39-43)44-22-4-6-24-47(44)61(49)52-28-10-14-34-58(52)65-59-35-15-11-29-53(59)61)55-31-17-30-54-60(55)45-23-5-7-25-48(45)62(54)50-26-8-12-32-56(50)64-57-33-13-9-27-51(57)62/h1-39H. The first-order valence-electron chi connectivity index (χ1n) is 22.4.